The first-order valence-corrected chi connectivity index (χ1v) is 5.91. The molecule has 2 aromatic rings. The van der Waals surface area contributed by atoms with E-state index in [1.54, 1.807) is 6.20 Å². The lowest BCUT2D eigenvalue weighted by Crippen LogP contribution is -2.04. The van der Waals surface area contributed by atoms with Crippen LogP contribution in [0.4, 0.5) is 0 Å². The van der Waals surface area contributed by atoms with Crippen molar-refractivity contribution in [3.05, 3.63) is 35.8 Å². The summed E-state index contributed by atoms with van der Waals surface area (Å²) in [4.78, 5) is 4.23. The van der Waals surface area contributed by atoms with Crippen molar-refractivity contribution in [2.75, 3.05) is 6.54 Å². The van der Waals surface area contributed by atoms with Gasteiger partial charge >= 0.3 is 0 Å². The average molecular weight is 248 g/mol. The summed E-state index contributed by atoms with van der Waals surface area (Å²) in [5.74, 6) is 1.76. The van der Waals surface area contributed by atoms with E-state index in [4.69, 9.17) is 14.9 Å². The fourth-order valence-corrected chi connectivity index (χ4v) is 1.43. The second-order valence-electron chi connectivity index (χ2n) is 3.76. The molecule has 18 heavy (non-hydrogen) atoms. The summed E-state index contributed by atoms with van der Waals surface area (Å²) < 4.78 is 10.8. The summed E-state index contributed by atoms with van der Waals surface area (Å²) in [7, 11) is 0. The minimum absolute atomic E-state index is 0.255. The second-order valence-corrected chi connectivity index (χ2v) is 3.76. The number of rotatable bonds is 6. The Hall–Kier alpha value is -1.95. The molecule has 0 saturated heterocycles. The van der Waals surface area contributed by atoms with Gasteiger partial charge in [-0.25, -0.2) is 0 Å². The third-order valence-corrected chi connectivity index (χ3v) is 2.37. The largest absolute Gasteiger partial charge is 0.482 e. The van der Waals surface area contributed by atoms with Crippen LogP contribution < -0.4 is 10.5 Å². The van der Waals surface area contributed by atoms with Gasteiger partial charge in [0.15, 0.2) is 6.61 Å². The molecule has 0 radical (unpaired) electrons. The summed E-state index contributed by atoms with van der Waals surface area (Å²) in [6, 6.07) is 3.75. The first kappa shape index (κ1) is 12.5. The average Bonchev–Trinajstić information content (AvgIpc) is 2.86. The van der Waals surface area contributed by atoms with Crippen molar-refractivity contribution in [3.63, 3.8) is 0 Å². The highest BCUT2D eigenvalue weighted by molar-refractivity contribution is 5.20. The van der Waals surface area contributed by atoms with Crippen molar-refractivity contribution in [1.29, 1.82) is 0 Å². The summed E-state index contributed by atoms with van der Waals surface area (Å²) in [5.41, 5.74) is 6.40. The molecule has 2 aromatic heterocycles. The highest BCUT2D eigenvalue weighted by Gasteiger charge is 2.05. The van der Waals surface area contributed by atoms with E-state index in [-0.39, 0.29) is 6.61 Å². The van der Waals surface area contributed by atoms with Gasteiger partial charge in [-0.2, -0.15) is 0 Å². The van der Waals surface area contributed by atoms with Crippen molar-refractivity contribution in [2.24, 2.45) is 5.73 Å². The first-order valence-electron chi connectivity index (χ1n) is 5.91. The Bertz CT molecular complexity index is 481. The Kier molecular flexibility index (Phi) is 4.25. The molecule has 0 aliphatic rings. The molecule has 0 aliphatic carbocycles. The van der Waals surface area contributed by atoms with Crippen LogP contribution in [-0.4, -0.2) is 21.7 Å². The van der Waals surface area contributed by atoms with Crippen LogP contribution in [0.25, 0.3) is 0 Å². The normalized spacial score (nSPS) is 10.6. The highest BCUT2D eigenvalue weighted by Crippen LogP contribution is 2.11. The van der Waals surface area contributed by atoms with Crippen molar-refractivity contribution < 1.29 is 9.15 Å². The van der Waals surface area contributed by atoms with Gasteiger partial charge in [0.25, 0.3) is 5.89 Å². The number of nitrogens with zero attached hydrogens (tertiary/aromatic N) is 3. The fourth-order valence-electron chi connectivity index (χ4n) is 1.43. The van der Waals surface area contributed by atoms with Crippen LogP contribution >= 0.6 is 0 Å². The van der Waals surface area contributed by atoms with Gasteiger partial charge in [0.2, 0.25) is 5.89 Å². The SMILES string of the molecule is CCc1nnc(COc2ccc(CCN)nc2)o1. The molecule has 0 aromatic carbocycles. The van der Waals surface area contributed by atoms with E-state index in [9.17, 15) is 0 Å². The van der Waals surface area contributed by atoms with Crippen molar-refractivity contribution in [2.45, 2.75) is 26.4 Å². The van der Waals surface area contributed by atoms with Crippen LogP contribution in [-0.2, 0) is 19.4 Å². The molecule has 0 aliphatic heterocycles. The Morgan fingerprint density at radius 3 is 2.72 bits per heavy atom. The zero-order valence-corrected chi connectivity index (χ0v) is 10.3. The van der Waals surface area contributed by atoms with Gasteiger partial charge in [0, 0.05) is 18.5 Å². The van der Waals surface area contributed by atoms with Gasteiger partial charge in [0.05, 0.1) is 6.20 Å². The van der Waals surface area contributed by atoms with Crippen molar-refractivity contribution >= 4 is 0 Å². The molecule has 0 fully saturated rings. The van der Waals surface area contributed by atoms with E-state index in [0.717, 1.165) is 18.5 Å². The van der Waals surface area contributed by atoms with Gasteiger partial charge in [-0.3, -0.25) is 4.98 Å². The van der Waals surface area contributed by atoms with Crippen LogP contribution in [0.2, 0.25) is 0 Å². The molecule has 6 nitrogen and oxygen atoms in total. The molecule has 0 unspecified atom stereocenters. The number of pyridine rings is 1. The molecule has 0 saturated carbocycles. The second kappa shape index (κ2) is 6.11. The third-order valence-electron chi connectivity index (χ3n) is 2.37. The molecule has 0 spiro atoms. The number of hydrogen-bond donors (Lipinski definition) is 1. The van der Waals surface area contributed by atoms with Crippen LogP contribution in [0.1, 0.15) is 24.4 Å². The Morgan fingerprint density at radius 2 is 2.11 bits per heavy atom. The topological polar surface area (TPSA) is 87.1 Å². The minimum atomic E-state index is 0.255. The zero-order valence-electron chi connectivity index (χ0n) is 10.3. The van der Waals surface area contributed by atoms with Crippen LogP contribution in [0.15, 0.2) is 22.7 Å². The molecule has 2 rings (SSSR count). The minimum Gasteiger partial charge on any atom is -0.482 e. The number of nitrogens with two attached hydrogens (primary N) is 1. The molecule has 6 heteroatoms. The lowest BCUT2D eigenvalue weighted by molar-refractivity contribution is 0.258. The standard InChI is InChI=1S/C12H16N4O2/c1-2-11-15-16-12(18-11)8-17-10-4-3-9(5-6-13)14-7-10/h3-4,7H,2,5-6,8,13H2,1H3. The number of aromatic nitrogens is 3. The predicted octanol–water partition coefficient (Wildman–Crippen LogP) is 1.11. The summed E-state index contributed by atoms with van der Waals surface area (Å²) in [6.07, 6.45) is 3.16. The van der Waals surface area contributed by atoms with E-state index in [2.05, 4.69) is 15.2 Å². The highest BCUT2D eigenvalue weighted by atomic mass is 16.5. The van der Waals surface area contributed by atoms with Gasteiger partial charge in [0.1, 0.15) is 5.75 Å². The molecule has 0 bridgehead atoms. The molecule has 0 amide bonds. The Labute approximate surface area is 105 Å². The third kappa shape index (κ3) is 3.27. The molecule has 96 valence electrons. The van der Waals surface area contributed by atoms with E-state index in [1.165, 1.54) is 0 Å². The van der Waals surface area contributed by atoms with E-state index >= 15 is 0 Å². The Balaban J connectivity index is 1.89. The van der Waals surface area contributed by atoms with Crippen molar-refractivity contribution in [1.82, 2.24) is 15.2 Å². The smallest absolute Gasteiger partial charge is 0.253 e. The number of ether oxygens (including phenoxy) is 1. The van der Waals surface area contributed by atoms with Crippen LogP contribution in [0.3, 0.4) is 0 Å². The summed E-state index contributed by atoms with van der Waals surface area (Å²) in [6.45, 7) is 2.80. The lowest BCUT2D eigenvalue weighted by atomic mass is 10.3. The van der Waals surface area contributed by atoms with Crippen molar-refractivity contribution in [3.8, 4) is 5.75 Å². The van der Waals surface area contributed by atoms with E-state index < -0.39 is 0 Å². The number of aryl methyl sites for hydroxylation is 1. The maximum atomic E-state index is 5.49. The molecule has 2 N–H and O–H groups in total. The van der Waals surface area contributed by atoms with Crippen LogP contribution in [0, 0.1) is 0 Å². The lowest BCUT2D eigenvalue weighted by Gasteiger charge is -2.03. The quantitative estimate of drug-likeness (QED) is 0.823. The maximum Gasteiger partial charge on any atom is 0.253 e. The Morgan fingerprint density at radius 1 is 1.28 bits per heavy atom. The summed E-state index contributed by atoms with van der Waals surface area (Å²) in [5, 5.41) is 7.73. The summed E-state index contributed by atoms with van der Waals surface area (Å²) >= 11 is 0. The molecular weight excluding hydrogens is 232 g/mol. The van der Waals surface area contributed by atoms with Gasteiger partial charge in [-0.05, 0) is 18.7 Å². The van der Waals surface area contributed by atoms with Gasteiger partial charge in [-0.1, -0.05) is 6.92 Å². The van der Waals surface area contributed by atoms with E-state index in [0.29, 0.717) is 24.1 Å². The van der Waals surface area contributed by atoms with Crippen LogP contribution in [0.5, 0.6) is 5.75 Å². The van der Waals surface area contributed by atoms with E-state index in [1.807, 2.05) is 19.1 Å². The molecule has 2 heterocycles. The molecular formula is C12H16N4O2. The monoisotopic (exact) mass is 248 g/mol. The fraction of sp³-hybridized carbons (Fsp3) is 0.417. The predicted molar refractivity (Wildman–Crippen MR) is 65.0 cm³/mol. The molecule has 0 atom stereocenters. The number of hydrogen-bond acceptors (Lipinski definition) is 6. The maximum absolute atomic E-state index is 5.49. The zero-order chi connectivity index (χ0) is 12.8. The van der Waals surface area contributed by atoms with Gasteiger partial charge in [-0.15, -0.1) is 10.2 Å². The first-order chi connectivity index (χ1) is 8.81. The van der Waals surface area contributed by atoms with Gasteiger partial charge < -0.3 is 14.9 Å².